The van der Waals surface area contributed by atoms with Crippen molar-refractivity contribution in [2.45, 2.75) is 44.7 Å². The molecule has 0 aromatic heterocycles. The Morgan fingerprint density at radius 1 is 1.29 bits per heavy atom. The van der Waals surface area contributed by atoms with Gasteiger partial charge in [-0.2, -0.15) is 11.8 Å². The summed E-state index contributed by atoms with van der Waals surface area (Å²) in [6.45, 7) is 11.0. The molecule has 3 saturated heterocycles. The molecule has 28 heavy (non-hydrogen) atoms. The van der Waals surface area contributed by atoms with Crippen LogP contribution in [-0.2, 0) is 9.53 Å². The third-order valence-corrected chi connectivity index (χ3v) is 7.06. The number of morpholine rings is 1. The van der Waals surface area contributed by atoms with Crippen molar-refractivity contribution < 1.29 is 9.53 Å². The molecule has 0 radical (unpaired) electrons. The van der Waals surface area contributed by atoms with E-state index in [-0.39, 0.29) is 41.5 Å². The topological polar surface area (TPSA) is 69.2 Å². The van der Waals surface area contributed by atoms with E-state index in [1.165, 1.54) is 12.2 Å². The molecule has 3 rings (SSSR count). The smallest absolute Gasteiger partial charge is 0.222 e. The highest BCUT2D eigenvalue weighted by molar-refractivity contribution is 14.0. The lowest BCUT2D eigenvalue weighted by Gasteiger charge is -2.42. The molecule has 0 saturated carbocycles. The molecule has 3 aliphatic rings. The number of hydrogen-bond acceptors (Lipinski definition) is 5. The first kappa shape index (κ1) is 24.0. The quantitative estimate of drug-likeness (QED) is 0.311. The molecule has 0 aromatic rings. The SMILES string of the molecule is CCNC(=NCC1(N2CCOCC2)CCSC1)NC1CCN(C(=O)CC)C1.I. The van der Waals surface area contributed by atoms with Crippen molar-refractivity contribution >= 4 is 47.6 Å². The van der Waals surface area contributed by atoms with Crippen LogP contribution in [0.5, 0.6) is 0 Å². The standard InChI is InChI=1S/C19H35N5O2S.HI/c1-3-17(25)23-7-5-16(13-23)22-18(20-4-2)21-14-19(6-12-27-15-19)24-8-10-26-11-9-24;/h16H,3-15H2,1-2H3,(H2,20,21,22);1H. The minimum Gasteiger partial charge on any atom is -0.379 e. The van der Waals surface area contributed by atoms with Gasteiger partial charge in [-0.1, -0.05) is 6.92 Å². The van der Waals surface area contributed by atoms with E-state index in [2.05, 4.69) is 22.5 Å². The third-order valence-electron chi connectivity index (χ3n) is 5.82. The summed E-state index contributed by atoms with van der Waals surface area (Å²) in [4.78, 5) is 21.5. The Bertz CT molecular complexity index is 524. The number of halogens is 1. The van der Waals surface area contributed by atoms with Gasteiger partial charge in [0.05, 0.1) is 25.3 Å². The molecule has 2 N–H and O–H groups in total. The maximum atomic E-state index is 11.9. The number of guanidine groups is 1. The highest BCUT2D eigenvalue weighted by Crippen LogP contribution is 2.34. The summed E-state index contributed by atoms with van der Waals surface area (Å²) in [5.74, 6) is 3.50. The predicted octanol–water partition coefficient (Wildman–Crippen LogP) is 1.38. The molecule has 0 spiro atoms. The summed E-state index contributed by atoms with van der Waals surface area (Å²) in [6.07, 6.45) is 2.77. The van der Waals surface area contributed by atoms with Crippen molar-refractivity contribution in [3.63, 3.8) is 0 Å². The first-order chi connectivity index (χ1) is 13.2. The molecule has 0 aromatic carbocycles. The Hall–Kier alpha value is -0.260. The molecule has 3 heterocycles. The highest BCUT2D eigenvalue weighted by atomic mass is 127. The van der Waals surface area contributed by atoms with Gasteiger partial charge in [0.25, 0.3) is 0 Å². The van der Waals surface area contributed by atoms with E-state index in [9.17, 15) is 4.79 Å². The van der Waals surface area contributed by atoms with Crippen LogP contribution in [0, 0.1) is 0 Å². The van der Waals surface area contributed by atoms with Crippen molar-refractivity contribution in [1.29, 1.82) is 0 Å². The number of carbonyl (C=O) groups is 1. The fraction of sp³-hybridized carbons (Fsp3) is 0.895. The minimum atomic E-state index is 0. The van der Waals surface area contributed by atoms with Crippen LogP contribution in [0.25, 0.3) is 0 Å². The van der Waals surface area contributed by atoms with Gasteiger partial charge in [0.2, 0.25) is 5.91 Å². The average Bonchev–Trinajstić information content (AvgIpc) is 3.37. The lowest BCUT2D eigenvalue weighted by Crippen LogP contribution is -2.56. The van der Waals surface area contributed by atoms with Crippen LogP contribution in [0.2, 0.25) is 0 Å². The van der Waals surface area contributed by atoms with Gasteiger partial charge in [0.15, 0.2) is 5.96 Å². The molecule has 3 aliphatic heterocycles. The first-order valence-corrected chi connectivity index (χ1v) is 11.6. The van der Waals surface area contributed by atoms with Crippen molar-refractivity contribution in [2.75, 3.05) is 64.0 Å². The van der Waals surface area contributed by atoms with Crippen LogP contribution in [0.4, 0.5) is 0 Å². The van der Waals surface area contributed by atoms with Crippen molar-refractivity contribution in [3.8, 4) is 0 Å². The molecule has 0 aliphatic carbocycles. The maximum absolute atomic E-state index is 11.9. The number of amides is 1. The number of ether oxygens (including phenoxy) is 1. The van der Waals surface area contributed by atoms with Crippen LogP contribution in [-0.4, -0.2) is 97.2 Å². The largest absolute Gasteiger partial charge is 0.379 e. The van der Waals surface area contributed by atoms with Gasteiger partial charge in [0, 0.05) is 50.9 Å². The molecule has 7 nitrogen and oxygen atoms in total. The number of nitrogens with zero attached hydrogens (tertiary/aromatic N) is 3. The Labute approximate surface area is 190 Å². The summed E-state index contributed by atoms with van der Waals surface area (Å²) in [6, 6.07) is 0.288. The predicted molar refractivity (Wildman–Crippen MR) is 127 cm³/mol. The lowest BCUT2D eigenvalue weighted by molar-refractivity contribution is -0.129. The minimum absolute atomic E-state index is 0. The average molecular weight is 526 g/mol. The molecular formula is C19H36IN5O2S. The van der Waals surface area contributed by atoms with Crippen molar-refractivity contribution in [3.05, 3.63) is 0 Å². The van der Waals surface area contributed by atoms with E-state index >= 15 is 0 Å². The zero-order valence-electron chi connectivity index (χ0n) is 17.2. The summed E-state index contributed by atoms with van der Waals surface area (Å²) >= 11 is 2.04. The van der Waals surface area contributed by atoms with Gasteiger partial charge in [-0.3, -0.25) is 14.7 Å². The lowest BCUT2D eigenvalue weighted by atomic mass is 9.96. The van der Waals surface area contributed by atoms with Crippen LogP contribution in [0.15, 0.2) is 4.99 Å². The summed E-state index contributed by atoms with van der Waals surface area (Å²) in [7, 11) is 0. The van der Waals surface area contributed by atoms with Crippen molar-refractivity contribution in [1.82, 2.24) is 20.4 Å². The maximum Gasteiger partial charge on any atom is 0.222 e. The van der Waals surface area contributed by atoms with E-state index in [1.54, 1.807) is 0 Å². The van der Waals surface area contributed by atoms with Gasteiger partial charge in [-0.15, -0.1) is 24.0 Å². The molecule has 1 amide bonds. The van der Waals surface area contributed by atoms with Gasteiger partial charge >= 0.3 is 0 Å². The normalized spacial score (nSPS) is 28.9. The van der Waals surface area contributed by atoms with E-state index < -0.39 is 0 Å². The van der Waals surface area contributed by atoms with Gasteiger partial charge < -0.3 is 20.3 Å². The summed E-state index contributed by atoms with van der Waals surface area (Å²) in [5.41, 5.74) is 0.163. The zero-order chi connectivity index (χ0) is 19.1. The van der Waals surface area contributed by atoms with Gasteiger partial charge in [0.1, 0.15) is 0 Å². The molecule has 2 unspecified atom stereocenters. The molecule has 3 fully saturated rings. The van der Waals surface area contributed by atoms with Crippen LogP contribution >= 0.6 is 35.7 Å². The Balaban J connectivity index is 0.00000280. The number of thioether (sulfide) groups is 1. The number of carbonyl (C=O) groups excluding carboxylic acids is 1. The number of nitrogens with one attached hydrogen (secondary N) is 2. The molecule has 2 atom stereocenters. The second kappa shape index (κ2) is 11.8. The summed E-state index contributed by atoms with van der Waals surface area (Å²) in [5, 5.41) is 6.96. The monoisotopic (exact) mass is 525 g/mol. The summed E-state index contributed by atoms with van der Waals surface area (Å²) < 4.78 is 5.55. The number of hydrogen-bond donors (Lipinski definition) is 2. The van der Waals surface area contributed by atoms with E-state index in [0.717, 1.165) is 70.6 Å². The van der Waals surface area contributed by atoms with E-state index in [4.69, 9.17) is 9.73 Å². The second-order valence-electron chi connectivity index (χ2n) is 7.64. The van der Waals surface area contributed by atoms with Crippen molar-refractivity contribution in [2.24, 2.45) is 4.99 Å². The number of rotatable bonds is 6. The third kappa shape index (κ3) is 6.12. The Morgan fingerprint density at radius 2 is 2.07 bits per heavy atom. The zero-order valence-corrected chi connectivity index (χ0v) is 20.4. The number of aliphatic imine (C=N–C) groups is 1. The number of likely N-dealkylation sites (tertiary alicyclic amines) is 1. The fourth-order valence-electron chi connectivity index (χ4n) is 4.18. The Morgan fingerprint density at radius 3 is 2.71 bits per heavy atom. The van der Waals surface area contributed by atoms with Gasteiger partial charge in [-0.05, 0) is 25.5 Å². The van der Waals surface area contributed by atoms with E-state index in [1.807, 2.05) is 23.6 Å². The van der Waals surface area contributed by atoms with Gasteiger partial charge in [-0.25, -0.2) is 0 Å². The second-order valence-corrected chi connectivity index (χ2v) is 8.75. The van der Waals surface area contributed by atoms with Crippen LogP contribution < -0.4 is 10.6 Å². The molecule has 162 valence electrons. The molecular weight excluding hydrogens is 489 g/mol. The van der Waals surface area contributed by atoms with Crippen LogP contribution in [0.1, 0.15) is 33.1 Å². The molecule has 9 heteroatoms. The Kier molecular flexibility index (Phi) is 10.1. The molecule has 0 bridgehead atoms. The fourth-order valence-corrected chi connectivity index (χ4v) is 5.64. The first-order valence-electron chi connectivity index (χ1n) is 10.4. The van der Waals surface area contributed by atoms with Crippen LogP contribution in [0.3, 0.4) is 0 Å². The highest BCUT2D eigenvalue weighted by Gasteiger charge is 2.40. The van der Waals surface area contributed by atoms with E-state index in [0.29, 0.717) is 6.42 Å².